The van der Waals surface area contributed by atoms with Crippen LogP contribution in [0, 0.1) is 5.92 Å². The van der Waals surface area contributed by atoms with Crippen LogP contribution in [-0.4, -0.2) is 34.2 Å². The minimum Gasteiger partial charge on any atom is -0.494 e. The molecular formula is C12H20ClN3O4S. The third-order valence-corrected chi connectivity index (χ3v) is 3.16. The molecule has 120 valence electrons. The lowest BCUT2D eigenvalue weighted by Crippen LogP contribution is -2.26. The molecule has 1 rings (SSSR count). The first-order chi connectivity index (χ1) is 9.26. The summed E-state index contributed by atoms with van der Waals surface area (Å²) in [6, 6.07) is 4.63. The summed E-state index contributed by atoms with van der Waals surface area (Å²) in [6.07, 6.45) is 1.05. The molecule has 4 N–H and O–H groups in total. The highest BCUT2D eigenvalue weighted by molar-refractivity contribution is 7.92. The van der Waals surface area contributed by atoms with Crippen molar-refractivity contribution in [1.29, 1.82) is 0 Å². The van der Waals surface area contributed by atoms with Gasteiger partial charge in [-0.25, -0.2) is 8.42 Å². The van der Waals surface area contributed by atoms with Gasteiger partial charge in [-0.05, 0) is 12.1 Å². The van der Waals surface area contributed by atoms with Gasteiger partial charge in [0.15, 0.2) is 0 Å². The number of carbonyl (C=O) groups is 1. The maximum absolute atomic E-state index is 11.7. The number of hydrogen-bond acceptors (Lipinski definition) is 5. The van der Waals surface area contributed by atoms with E-state index in [0.29, 0.717) is 17.1 Å². The number of nitrogens with two attached hydrogens (primary N) is 1. The van der Waals surface area contributed by atoms with Crippen molar-refractivity contribution < 1.29 is 17.9 Å². The lowest BCUT2D eigenvalue weighted by atomic mass is 10.1. The van der Waals surface area contributed by atoms with E-state index in [1.54, 1.807) is 13.0 Å². The van der Waals surface area contributed by atoms with E-state index in [-0.39, 0.29) is 30.8 Å². The molecule has 0 fully saturated rings. The van der Waals surface area contributed by atoms with Crippen molar-refractivity contribution >= 4 is 39.7 Å². The summed E-state index contributed by atoms with van der Waals surface area (Å²) in [7, 11) is -1.98. The molecule has 1 aromatic carbocycles. The Morgan fingerprint density at radius 2 is 2.05 bits per heavy atom. The molecule has 21 heavy (non-hydrogen) atoms. The van der Waals surface area contributed by atoms with Gasteiger partial charge in [0.2, 0.25) is 15.9 Å². The number of hydrogen-bond donors (Lipinski definition) is 3. The molecule has 0 bridgehead atoms. The molecule has 1 aromatic rings. The first-order valence-corrected chi connectivity index (χ1v) is 7.82. The SMILES string of the molecule is COc1cc(NC(=O)C(C)CN)ccc1NS(C)(=O)=O.Cl. The smallest absolute Gasteiger partial charge is 0.229 e. The van der Waals surface area contributed by atoms with Gasteiger partial charge >= 0.3 is 0 Å². The number of carbonyl (C=O) groups excluding carboxylic acids is 1. The first-order valence-electron chi connectivity index (χ1n) is 5.93. The molecule has 0 aliphatic heterocycles. The molecule has 0 spiro atoms. The summed E-state index contributed by atoms with van der Waals surface area (Å²) >= 11 is 0. The predicted molar refractivity (Wildman–Crippen MR) is 85.6 cm³/mol. The number of anilines is 2. The molecule has 0 saturated carbocycles. The quantitative estimate of drug-likeness (QED) is 0.717. The van der Waals surface area contributed by atoms with Crippen LogP contribution in [0.5, 0.6) is 5.75 Å². The van der Waals surface area contributed by atoms with Crippen molar-refractivity contribution in [3.63, 3.8) is 0 Å². The van der Waals surface area contributed by atoms with Crippen LogP contribution in [0.4, 0.5) is 11.4 Å². The Hall–Kier alpha value is -1.51. The van der Waals surface area contributed by atoms with Crippen molar-refractivity contribution in [1.82, 2.24) is 0 Å². The minimum absolute atomic E-state index is 0. The van der Waals surface area contributed by atoms with Crippen molar-refractivity contribution in [2.24, 2.45) is 11.7 Å². The molecule has 7 nitrogen and oxygen atoms in total. The molecule has 0 radical (unpaired) electrons. The zero-order chi connectivity index (χ0) is 15.3. The number of ether oxygens (including phenoxy) is 1. The third kappa shape index (κ3) is 6.19. The summed E-state index contributed by atoms with van der Waals surface area (Å²) in [6.45, 7) is 1.96. The molecule has 0 heterocycles. The molecule has 0 aromatic heterocycles. The fraction of sp³-hybridized carbons (Fsp3) is 0.417. The van der Waals surface area contributed by atoms with Gasteiger partial charge in [0.1, 0.15) is 5.75 Å². The Morgan fingerprint density at radius 3 is 2.52 bits per heavy atom. The van der Waals surface area contributed by atoms with Gasteiger partial charge in [-0.15, -0.1) is 12.4 Å². The lowest BCUT2D eigenvalue weighted by Gasteiger charge is -2.13. The largest absolute Gasteiger partial charge is 0.494 e. The summed E-state index contributed by atoms with van der Waals surface area (Å²) in [4.78, 5) is 11.7. The van der Waals surface area contributed by atoms with E-state index < -0.39 is 10.0 Å². The monoisotopic (exact) mass is 337 g/mol. The highest BCUT2D eigenvalue weighted by Gasteiger charge is 2.13. The molecule has 0 saturated heterocycles. The summed E-state index contributed by atoms with van der Waals surface area (Å²) < 4.78 is 29.8. The predicted octanol–water partition coefficient (Wildman–Crippen LogP) is 1.02. The first kappa shape index (κ1) is 19.5. The van der Waals surface area contributed by atoms with Gasteiger partial charge in [-0.3, -0.25) is 9.52 Å². The number of halogens is 1. The van der Waals surface area contributed by atoms with Crippen molar-refractivity contribution in [2.75, 3.05) is 29.9 Å². The van der Waals surface area contributed by atoms with Crippen LogP contribution >= 0.6 is 12.4 Å². The molecule has 9 heteroatoms. The third-order valence-electron chi connectivity index (χ3n) is 2.57. The Balaban J connectivity index is 0.00000400. The molecular weight excluding hydrogens is 318 g/mol. The minimum atomic E-state index is -3.40. The van der Waals surface area contributed by atoms with Crippen molar-refractivity contribution in [2.45, 2.75) is 6.92 Å². The zero-order valence-corrected chi connectivity index (χ0v) is 13.7. The second-order valence-electron chi connectivity index (χ2n) is 4.42. The average molecular weight is 338 g/mol. The van der Waals surface area contributed by atoms with Crippen LogP contribution in [0.2, 0.25) is 0 Å². The Morgan fingerprint density at radius 1 is 1.43 bits per heavy atom. The van der Waals surface area contributed by atoms with Crippen molar-refractivity contribution in [3.8, 4) is 5.75 Å². The van der Waals surface area contributed by atoms with Gasteiger partial charge in [0.25, 0.3) is 0 Å². The van der Waals surface area contributed by atoms with E-state index in [1.807, 2.05) is 0 Å². The summed E-state index contributed by atoms with van der Waals surface area (Å²) in [5.41, 5.74) is 6.23. The normalized spacial score (nSPS) is 12.0. The van der Waals surface area contributed by atoms with E-state index in [9.17, 15) is 13.2 Å². The lowest BCUT2D eigenvalue weighted by molar-refractivity contribution is -0.119. The number of methoxy groups -OCH3 is 1. The zero-order valence-electron chi connectivity index (χ0n) is 12.0. The number of rotatable bonds is 6. The van der Waals surface area contributed by atoms with Crippen LogP contribution in [0.1, 0.15) is 6.92 Å². The molecule has 1 amide bonds. The number of sulfonamides is 1. The van der Waals surface area contributed by atoms with Crippen LogP contribution in [0.25, 0.3) is 0 Å². The second kappa shape index (κ2) is 8.06. The van der Waals surface area contributed by atoms with Crippen LogP contribution < -0.4 is 20.5 Å². The molecule has 1 atom stereocenters. The van der Waals surface area contributed by atoms with Gasteiger partial charge in [0, 0.05) is 24.2 Å². The summed E-state index contributed by atoms with van der Waals surface area (Å²) in [5, 5.41) is 2.68. The Bertz CT molecular complexity index is 592. The Labute approximate surface area is 130 Å². The maximum atomic E-state index is 11.7. The van der Waals surface area contributed by atoms with Crippen LogP contribution in [0.3, 0.4) is 0 Å². The average Bonchev–Trinajstić information content (AvgIpc) is 2.37. The van der Waals surface area contributed by atoms with Gasteiger partial charge < -0.3 is 15.8 Å². The highest BCUT2D eigenvalue weighted by atomic mass is 35.5. The fourth-order valence-electron chi connectivity index (χ4n) is 1.43. The second-order valence-corrected chi connectivity index (χ2v) is 6.16. The van der Waals surface area contributed by atoms with E-state index >= 15 is 0 Å². The Kier molecular flexibility index (Phi) is 7.48. The maximum Gasteiger partial charge on any atom is 0.229 e. The van der Waals surface area contributed by atoms with E-state index in [0.717, 1.165) is 6.26 Å². The number of nitrogens with one attached hydrogen (secondary N) is 2. The molecule has 0 aliphatic rings. The fourth-order valence-corrected chi connectivity index (χ4v) is 1.99. The standard InChI is InChI=1S/C12H19N3O4S.ClH/c1-8(7-13)12(16)14-9-4-5-10(11(6-9)19-2)15-20(3,17)18;/h4-6,8,15H,7,13H2,1-3H3,(H,14,16);1H. The topological polar surface area (TPSA) is 111 Å². The molecule has 1 unspecified atom stereocenters. The summed E-state index contributed by atoms with van der Waals surface area (Å²) in [5.74, 6) is -0.207. The van der Waals surface area contributed by atoms with E-state index in [1.165, 1.54) is 19.2 Å². The van der Waals surface area contributed by atoms with Crippen LogP contribution in [-0.2, 0) is 14.8 Å². The number of benzene rings is 1. The van der Waals surface area contributed by atoms with Gasteiger partial charge in [-0.2, -0.15) is 0 Å². The van der Waals surface area contributed by atoms with Gasteiger partial charge in [0.05, 0.1) is 19.1 Å². The van der Waals surface area contributed by atoms with Gasteiger partial charge in [-0.1, -0.05) is 6.92 Å². The highest BCUT2D eigenvalue weighted by Crippen LogP contribution is 2.28. The van der Waals surface area contributed by atoms with Crippen molar-refractivity contribution in [3.05, 3.63) is 18.2 Å². The van der Waals surface area contributed by atoms with Crippen LogP contribution in [0.15, 0.2) is 18.2 Å². The number of amides is 1. The molecule has 0 aliphatic carbocycles. The van der Waals surface area contributed by atoms with E-state index in [4.69, 9.17) is 10.5 Å². The van der Waals surface area contributed by atoms with E-state index in [2.05, 4.69) is 10.0 Å².